The second-order valence-electron chi connectivity index (χ2n) is 8.15. The molecule has 1 atom stereocenters. The van der Waals surface area contributed by atoms with E-state index in [2.05, 4.69) is 15.5 Å². The van der Waals surface area contributed by atoms with E-state index >= 15 is 0 Å². The molecule has 1 aliphatic rings. The fourth-order valence-corrected chi connectivity index (χ4v) is 4.83. The van der Waals surface area contributed by atoms with E-state index in [0.29, 0.717) is 31.7 Å². The van der Waals surface area contributed by atoms with E-state index in [-0.39, 0.29) is 17.8 Å². The number of benzene rings is 2. The second-order valence-corrected chi connectivity index (χ2v) is 9.09. The first-order chi connectivity index (χ1) is 16.6. The monoisotopic (exact) mass is 484 g/mol. The van der Waals surface area contributed by atoms with E-state index in [1.807, 2.05) is 34.9 Å². The zero-order chi connectivity index (χ0) is 23.8. The zero-order valence-corrected chi connectivity index (χ0v) is 20.0. The van der Waals surface area contributed by atoms with Crippen molar-refractivity contribution in [1.82, 2.24) is 20.1 Å². The zero-order valence-electron chi connectivity index (χ0n) is 19.2. The molecule has 180 valence electrons. The van der Waals surface area contributed by atoms with E-state index in [9.17, 15) is 9.18 Å². The lowest BCUT2D eigenvalue weighted by Gasteiger charge is -2.15. The highest BCUT2D eigenvalue weighted by atomic mass is 32.2. The van der Waals surface area contributed by atoms with Gasteiger partial charge in [0.05, 0.1) is 19.8 Å². The van der Waals surface area contributed by atoms with Crippen LogP contribution in [0.3, 0.4) is 0 Å². The summed E-state index contributed by atoms with van der Waals surface area (Å²) in [7, 11) is 1.62. The summed E-state index contributed by atoms with van der Waals surface area (Å²) in [6.07, 6.45) is 2.91. The van der Waals surface area contributed by atoms with Crippen molar-refractivity contribution in [2.75, 3.05) is 13.7 Å². The number of methoxy groups -OCH3 is 1. The van der Waals surface area contributed by atoms with Crippen LogP contribution >= 0.6 is 11.8 Å². The van der Waals surface area contributed by atoms with Crippen LogP contribution in [0.25, 0.3) is 0 Å². The lowest BCUT2D eigenvalue weighted by molar-refractivity contribution is -0.121. The highest BCUT2D eigenvalue weighted by Gasteiger charge is 2.21. The number of hydrogen-bond acceptors (Lipinski definition) is 6. The van der Waals surface area contributed by atoms with Crippen molar-refractivity contribution in [3.8, 4) is 5.75 Å². The molecule has 0 bridgehead atoms. The number of carbonyl (C=O) groups excluding carboxylic acids is 1. The van der Waals surface area contributed by atoms with Crippen LogP contribution in [0.15, 0.2) is 53.7 Å². The predicted molar refractivity (Wildman–Crippen MR) is 128 cm³/mol. The normalized spacial score (nSPS) is 15.4. The van der Waals surface area contributed by atoms with Gasteiger partial charge in [-0.2, -0.15) is 0 Å². The van der Waals surface area contributed by atoms with Crippen LogP contribution in [0.1, 0.15) is 36.2 Å². The number of hydrogen-bond donors (Lipinski definition) is 1. The number of nitrogens with one attached hydrogen (secondary N) is 1. The van der Waals surface area contributed by atoms with Crippen LogP contribution < -0.4 is 10.1 Å². The lowest BCUT2D eigenvalue weighted by atomic mass is 10.2. The number of thioether (sulfide) groups is 1. The highest BCUT2D eigenvalue weighted by molar-refractivity contribution is 7.98. The molecule has 0 radical (unpaired) electrons. The van der Waals surface area contributed by atoms with Gasteiger partial charge < -0.3 is 19.4 Å². The van der Waals surface area contributed by atoms with Gasteiger partial charge in [0.2, 0.25) is 5.91 Å². The molecule has 1 aliphatic heterocycles. The molecule has 1 amide bonds. The fraction of sp³-hybridized carbons (Fsp3) is 0.400. The Bertz CT molecular complexity index is 1100. The first kappa shape index (κ1) is 24.2. The highest BCUT2D eigenvalue weighted by Crippen LogP contribution is 2.25. The molecule has 1 fully saturated rings. The summed E-state index contributed by atoms with van der Waals surface area (Å²) >= 11 is 1.51. The topological polar surface area (TPSA) is 78.3 Å². The van der Waals surface area contributed by atoms with Gasteiger partial charge in [0.25, 0.3) is 0 Å². The van der Waals surface area contributed by atoms with Gasteiger partial charge in [0.1, 0.15) is 17.4 Å². The summed E-state index contributed by atoms with van der Waals surface area (Å²) in [5, 5.41) is 12.4. The average molecular weight is 485 g/mol. The molecule has 1 saturated heterocycles. The number of rotatable bonds is 11. The minimum Gasteiger partial charge on any atom is -0.496 e. The third kappa shape index (κ3) is 6.57. The van der Waals surface area contributed by atoms with Gasteiger partial charge in [-0.15, -0.1) is 10.2 Å². The molecule has 0 saturated carbocycles. The largest absolute Gasteiger partial charge is 0.496 e. The molecule has 4 rings (SSSR count). The summed E-state index contributed by atoms with van der Waals surface area (Å²) in [6.45, 7) is 1.82. The second kappa shape index (κ2) is 12.0. The van der Waals surface area contributed by atoms with Crippen LogP contribution in [-0.2, 0) is 34.8 Å². The Morgan fingerprint density at radius 3 is 2.94 bits per heavy atom. The van der Waals surface area contributed by atoms with Crippen molar-refractivity contribution in [3.05, 3.63) is 71.3 Å². The first-order valence-corrected chi connectivity index (χ1v) is 12.4. The predicted octanol–water partition coefficient (Wildman–Crippen LogP) is 4.15. The smallest absolute Gasteiger partial charge is 0.220 e. The van der Waals surface area contributed by atoms with Crippen molar-refractivity contribution >= 4 is 17.7 Å². The molecule has 2 heterocycles. The Morgan fingerprint density at radius 1 is 1.26 bits per heavy atom. The van der Waals surface area contributed by atoms with E-state index in [1.54, 1.807) is 13.2 Å². The summed E-state index contributed by atoms with van der Waals surface area (Å²) in [4.78, 5) is 12.5. The van der Waals surface area contributed by atoms with E-state index in [4.69, 9.17) is 9.47 Å². The molecule has 1 N–H and O–H groups in total. The lowest BCUT2D eigenvalue weighted by Crippen LogP contribution is -2.24. The number of ether oxygens (including phenoxy) is 2. The Hall–Kier alpha value is -2.91. The van der Waals surface area contributed by atoms with Gasteiger partial charge in [-0.1, -0.05) is 42.1 Å². The summed E-state index contributed by atoms with van der Waals surface area (Å²) in [6, 6.07) is 14.2. The van der Waals surface area contributed by atoms with Crippen molar-refractivity contribution in [2.45, 2.75) is 55.8 Å². The quantitative estimate of drug-likeness (QED) is 0.412. The maximum absolute atomic E-state index is 13.5. The molecule has 0 spiro atoms. The molecule has 1 aromatic heterocycles. The van der Waals surface area contributed by atoms with Gasteiger partial charge in [0.15, 0.2) is 5.16 Å². The molecule has 3 aromatic rings. The van der Waals surface area contributed by atoms with Gasteiger partial charge in [0, 0.05) is 37.3 Å². The van der Waals surface area contributed by atoms with Crippen LogP contribution in [0.5, 0.6) is 5.75 Å². The van der Waals surface area contributed by atoms with Crippen molar-refractivity contribution in [2.24, 2.45) is 0 Å². The first-order valence-electron chi connectivity index (χ1n) is 11.4. The minimum absolute atomic E-state index is 0.0634. The molecular weight excluding hydrogens is 455 g/mol. The molecular formula is C25H29FN4O3S. The van der Waals surface area contributed by atoms with Crippen LogP contribution in [0, 0.1) is 5.82 Å². The minimum atomic E-state index is -0.251. The maximum Gasteiger partial charge on any atom is 0.220 e. The number of aryl methyl sites for hydroxylation is 1. The Balaban J connectivity index is 1.38. The van der Waals surface area contributed by atoms with Crippen LogP contribution in [0.2, 0.25) is 0 Å². The molecule has 1 unspecified atom stereocenters. The molecule has 9 heteroatoms. The van der Waals surface area contributed by atoms with Gasteiger partial charge in [-0.25, -0.2) is 4.39 Å². The number of aromatic nitrogens is 3. The average Bonchev–Trinajstić information content (AvgIpc) is 3.50. The molecule has 0 aliphatic carbocycles. The SMILES string of the molecule is COc1ccccc1CNC(=O)CCc1nnc(SCc2cccc(F)c2)n1CC1CCCO1. The third-order valence-electron chi connectivity index (χ3n) is 5.70. The molecule has 2 aromatic carbocycles. The van der Waals surface area contributed by atoms with Gasteiger partial charge in [-0.05, 0) is 36.6 Å². The maximum atomic E-state index is 13.5. The van der Waals surface area contributed by atoms with Crippen LogP contribution in [0.4, 0.5) is 4.39 Å². The number of halogens is 1. The van der Waals surface area contributed by atoms with E-state index < -0.39 is 0 Å². The van der Waals surface area contributed by atoms with E-state index in [1.165, 1.54) is 23.9 Å². The standard InChI is InChI=1S/C25H29FN4O3S/c1-32-22-10-3-2-7-19(22)15-27-24(31)12-11-23-28-29-25(30(23)16-21-9-5-13-33-21)34-17-18-6-4-8-20(26)14-18/h2-4,6-8,10,14,21H,5,9,11-13,15-17H2,1H3,(H,27,31). The Kier molecular flexibility index (Phi) is 8.54. The number of para-hydroxylation sites is 1. The molecule has 7 nitrogen and oxygen atoms in total. The Morgan fingerprint density at radius 2 is 2.15 bits per heavy atom. The van der Waals surface area contributed by atoms with E-state index in [0.717, 1.165) is 47.3 Å². The van der Waals surface area contributed by atoms with Gasteiger partial charge in [-0.3, -0.25) is 4.79 Å². The number of amides is 1. The summed E-state index contributed by atoms with van der Waals surface area (Å²) in [5.74, 6) is 1.77. The Labute approximate surface area is 203 Å². The third-order valence-corrected chi connectivity index (χ3v) is 6.74. The molecule has 34 heavy (non-hydrogen) atoms. The van der Waals surface area contributed by atoms with Crippen molar-refractivity contribution in [3.63, 3.8) is 0 Å². The summed E-state index contributed by atoms with van der Waals surface area (Å²) < 4.78 is 26.7. The number of carbonyl (C=O) groups is 1. The van der Waals surface area contributed by atoms with Gasteiger partial charge >= 0.3 is 0 Å². The number of nitrogens with zero attached hydrogens (tertiary/aromatic N) is 3. The fourth-order valence-electron chi connectivity index (χ4n) is 3.92. The summed E-state index contributed by atoms with van der Waals surface area (Å²) in [5.41, 5.74) is 1.81. The van der Waals surface area contributed by atoms with Crippen LogP contribution in [-0.4, -0.2) is 40.5 Å². The van der Waals surface area contributed by atoms with Crippen molar-refractivity contribution < 1.29 is 18.7 Å². The van der Waals surface area contributed by atoms with Crippen molar-refractivity contribution in [1.29, 1.82) is 0 Å².